The topological polar surface area (TPSA) is 74.7 Å². The standard InChI is InChI=1S/C20H29N5O/c26-20-15-6-2-1-5-14(15)17-18(16-7-3-10-22-16)24-25(19(17)23-20)12-4-11-21-13-8-9-13/h13,16,21-22H,1-12H2,(H,23,26). The van der Waals surface area contributed by atoms with Gasteiger partial charge >= 0.3 is 0 Å². The number of hydrogen-bond donors (Lipinski definition) is 3. The van der Waals surface area contributed by atoms with E-state index in [2.05, 4.69) is 20.3 Å². The lowest BCUT2D eigenvalue weighted by molar-refractivity contribution is 0.533. The third-order valence-corrected chi connectivity index (χ3v) is 6.20. The van der Waals surface area contributed by atoms with E-state index in [0.717, 1.165) is 69.0 Å². The van der Waals surface area contributed by atoms with Gasteiger partial charge in [-0.3, -0.25) is 4.79 Å². The molecule has 0 bridgehead atoms. The summed E-state index contributed by atoms with van der Waals surface area (Å²) in [5.74, 6) is 0. The molecule has 2 aliphatic carbocycles. The van der Waals surface area contributed by atoms with E-state index in [9.17, 15) is 4.79 Å². The molecule has 1 saturated heterocycles. The third-order valence-electron chi connectivity index (χ3n) is 6.20. The summed E-state index contributed by atoms with van der Waals surface area (Å²) in [6, 6.07) is 1.08. The van der Waals surface area contributed by atoms with Gasteiger partial charge in [0, 0.05) is 23.5 Å². The highest BCUT2D eigenvalue weighted by molar-refractivity contribution is 5.84. The van der Waals surface area contributed by atoms with E-state index in [0.29, 0.717) is 6.04 Å². The molecule has 1 aliphatic heterocycles. The molecule has 0 spiro atoms. The van der Waals surface area contributed by atoms with Gasteiger partial charge in [-0.1, -0.05) is 0 Å². The molecular weight excluding hydrogens is 326 g/mol. The highest BCUT2D eigenvalue weighted by Gasteiger charge is 2.28. The van der Waals surface area contributed by atoms with Gasteiger partial charge in [-0.05, 0) is 76.4 Å². The number of aromatic amines is 1. The molecule has 1 saturated carbocycles. The van der Waals surface area contributed by atoms with Crippen LogP contribution in [0.25, 0.3) is 11.0 Å². The largest absolute Gasteiger partial charge is 0.314 e. The summed E-state index contributed by atoms with van der Waals surface area (Å²) in [5, 5.41) is 13.4. The zero-order valence-electron chi connectivity index (χ0n) is 15.4. The third kappa shape index (κ3) is 2.99. The summed E-state index contributed by atoms with van der Waals surface area (Å²) < 4.78 is 2.07. The van der Waals surface area contributed by atoms with Crippen molar-refractivity contribution in [2.45, 2.75) is 76.4 Å². The molecule has 3 aliphatic rings. The normalized spacial score (nSPS) is 22.8. The molecule has 0 aromatic carbocycles. The monoisotopic (exact) mass is 355 g/mol. The summed E-state index contributed by atoms with van der Waals surface area (Å²) >= 11 is 0. The molecule has 1 unspecified atom stereocenters. The SMILES string of the molecule is O=c1[nH]c2c(c(C3CCCN3)nn2CCCNC2CC2)c2c1CCCC2. The molecule has 3 N–H and O–H groups in total. The highest BCUT2D eigenvalue weighted by Crippen LogP contribution is 2.33. The molecular formula is C20H29N5O. The lowest BCUT2D eigenvalue weighted by Crippen LogP contribution is -2.21. The van der Waals surface area contributed by atoms with Crippen molar-refractivity contribution in [2.75, 3.05) is 13.1 Å². The van der Waals surface area contributed by atoms with Crippen LogP contribution in [0.4, 0.5) is 0 Å². The molecule has 2 aromatic rings. The Balaban J connectivity index is 1.53. The predicted octanol–water partition coefficient (Wildman–Crippen LogP) is 2.17. The van der Waals surface area contributed by atoms with Crippen LogP contribution in [0.3, 0.4) is 0 Å². The Morgan fingerprint density at radius 1 is 1.12 bits per heavy atom. The Hall–Kier alpha value is -1.66. The Labute approximate surface area is 153 Å². The van der Waals surface area contributed by atoms with Crippen molar-refractivity contribution in [1.29, 1.82) is 0 Å². The van der Waals surface area contributed by atoms with Crippen LogP contribution in [0.5, 0.6) is 0 Å². The van der Waals surface area contributed by atoms with Crippen LogP contribution in [0.2, 0.25) is 0 Å². The first-order valence-corrected chi connectivity index (χ1v) is 10.4. The second kappa shape index (κ2) is 6.82. The van der Waals surface area contributed by atoms with Crippen molar-refractivity contribution in [2.24, 2.45) is 0 Å². The van der Waals surface area contributed by atoms with Crippen LogP contribution < -0.4 is 16.2 Å². The van der Waals surface area contributed by atoms with Crippen LogP contribution in [0, 0.1) is 0 Å². The van der Waals surface area contributed by atoms with Crippen molar-refractivity contribution in [3.63, 3.8) is 0 Å². The zero-order chi connectivity index (χ0) is 17.5. The van der Waals surface area contributed by atoms with Gasteiger partial charge in [0.05, 0.1) is 11.7 Å². The number of aryl methyl sites for hydroxylation is 2. The van der Waals surface area contributed by atoms with Crippen molar-refractivity contribution >= 4 is 11.0 Å². The maximum atomic E-state index is 12.7. The molecule has 140 valence electrons. The zero-order valence-corrected chi connectivity index (χ0v) is 15.4. The smallest absolute Gasteiger partial charge is 0.253 e. The number of nitrogens with zero attached hydrogens (tertiary/aromatic N) is 2. The molecule has 26 heavy (non-hydrogen) atoms. The van der Waals surface area contributed by atoms with Gasteiger partial charge in [-0.2, -0.15) is 5.10 Å². The minimum absolute atomic E-state index is 0.107. The molecule has 6 nitrogen and oxygen atoms in total. The van der Waals surface area contributed by atoms with Crippen molar-refractivity contribution in [1.82, 2.24) is 25.4 Å². The van der Waals surface area contributed by atoms with Gasteiger partial charge in [0.25, 0.3) is 5.56 Å². The molecule has 1 atom stereocenters. The average molecular weight is 355 g/mol. The van der Waals surface area contributed by atoms with Crippen LogP contribution in [0.1, 0.15) is 67.8 Å². The number of aromatic nitrogens is 3. The van der Waals surface area contributed by atoms with Gasteiger partial charge in [0.15, 0.2) is 0 Å². The van der Waals surface area contributed by atoms with Crippen molar-refractivity contribution in [3.05, 3.63) is 27.2 Å². The number of hydrogen-bond acceptors (Lipinski definition) is 4. The van der Waals surface area contributed by atoms with Gasteiger partial charge in [0.2, 0.25) is 0 Å². The van der Waals surface area contributed by atoms with Crippen molar-refractivity contribution < 1.29 is 0 Å². The molecule has 5 rings (SSSR count). The van der Waals surface area contributed by atoms with E-state index < -0.39 is 0 Å². The Morgan fingerprint density at radius 3 is 2.73 bits per heavy atom. The maximum Gasteiger partial charge on any atom is 0.253 e. The van der Waals surface area contributed by atoms with Gasteiger partial charge in [-0.25, -0.2) is 4.68 Å². The minimum Gasteiger partial charge on any atom is -0.314 e. The first-order chi connectivity index (χ1) is 12.8. The molecule has 0 radical (unpaired) electrons. The molecule has 0 amide bonds. The minimum atomic E-state index is 0.107. The summed E-state index contributed by atoms with van der Waals surface area (Å²) in [4.78, 5) is 15.9. The second-order valence-electron chi connectivity index (χ2n) is 8.18. The van der Waals surface area contributed by atoms with Crippen LogP contribution in [-0.4, -0.2) is 33.9 Å². The summed E-state index contributed by atoms with van der Waals surface area (Å²) in [6.45, 7) is 2.95. The van der Waals surface area contributed by atoms with E-state index in [1.54, 1.807) is 0 Å². The highest BCUT2D eigenvalue weighted by atomic mass is 16.1. The Morgan fingerprint density at radius 2 is 1.96 bits per heavy atom. The van der Waals surface area contributed by atoms with E-state index in [-0.39, 0.29) is 5.56 Å². The fourth-order valence-electron chi connectivity index (χ4n) is 4.67. The summed E-state index contributed by atoms with van der Waals surface area (Å²) in [7, 11) is 0. The summed E-state index contributed by atoms with van der Waals surface area (Å²) in [5.41, 5.74) is 4.52. The number of H-pyrrole nitrogens is 1. The van der Waals surface area contributed by atoms with Crippen molar-refractivity contribution in [3.8, 4) is 0 Å². The molecule has 3 heterocycles. The van der Waals surface area contributed by atoms with E-state index in [1.807, 2.05) is 0 Å². The van der Waals surface area contributed by atoms with E-state index in [1.165, 1.54) is 42.3 Å². The second-order valence-corrected chi connectivity index (χ2v) is 8.18. The molecule has 6 heteroatoms. The number of fused-ring (bicyclic) bond motifs is 3. The van der Waals surface area contributed by atoms with Crippen LogP contribution in [-0.2, 0) is 19.4 Å². The van der Waals surface area contributed by atoms with Crippen LogP contribution >= 0.6 is 0 Å². The van der Waals surface area contributed by atoms with Gasteiger partial charge in [0.1, 0.15) is 5.65 Å². The lowest BCUT2D eigenvalue weighted by Gasteiger charge is -2.17. The summed E-state index contributed by atoms with van der Waals surface area (Å²) in [6.07, 6.45) is 10.3. The first kappa shape index (κ1) is 16.5. The van der Waals surface area contributed by atoms with E-state index in [4.69, 9.17) is 5.10 Å². The predicted molar refractivity (Wildman–Crippen MR) is 103 cm³/mol. The average Bonchev–Trinajstić information content (AvgIpc) is 3.18. The first-order valence-electron chi connectivity index (χ1n) is 10.4. The fourth-order valence-corrected chi connectivity index (χ4v) is 4.67. The maximum absolute atomic E-state index is 12.7. The molecule has 2 aromatic heterocycles. The number of nitrogens with one attached hydrogen (secondary N) is 3. The van der Waals surface area contributed by atoms with Gasteiger partial charge < -0.3 is 15.6 Å². The lowest BCUT2D eigenvalue weighted by atomic mass is 9.89. The van der Waals surface area contributed by atoms with E-state index >= 15 is 0 Å². The number of pyridine rings is 1. The quantitative estimate of drug-likeness (QED) is 0.694. The fraction of sp³-hybridized carbons (Fsp3) is 0.700. The number of rotatable bonds is 6. The Bertz CT molecular complexity index is 857. The Kier molecular flexibility index (Phi) is 4.33. The van der Waals surface area contributed by atoms with Gasteiger partial charge in [-0.15, -0.1) is 0 Å². The molecule has 2 fully saturated rings. The van der Waals surface area contributed by atoms with Crippen LogP contribution in [0.15, 0.2) is 4.79 Å².